The van der Waals surface area contributed by atoms with Crippen molar-refractivity contribution in [2.75, 3.05) is 24.3 Å². The van der Waals surface area contributed by atoms with Crippen molar-refractivity contribution in [2.24, 2.45) is 0 Å². The number of unbranched alkanes of at least 4 members (excludes halogenated alkanes) is 2. The van der Waals surface area contributed by atoms with Crippen molar-refractivity contribution >= 4 is 27.7 Å². The molecule has 0 amide bonds. The van der Waals surface area contributed by atoms with Gasteiger partial charge in [-0.15, -0.1) is 0 Å². The highest BCUT2D eigenvalue weighted by Crippen LogP contribution is 2.06. The predicted molar refractivity (Wildman–Crippen MR) is 73.9 cm³/mol. The minimum atomic E-state index is -3.51. The maximum absolute atomic E-state index is 11.8. The van der Waals surface area contributed by atoms with Crippen LogP contribution in [0.4, 0.5) is 5.95 Å². The van der Waals surface area contributed by atoms with E-state index in [0.29, 0.717) is 6.54 Å². The third kappa shape index (κ3) is 5.19. The molecule has 0 unspecified atom stereocenters. The summed E-state index contributed by atoms with van der Waals surface area (Å²) in [5.74, 6) is 1.17. The molecule has 102 valence electrons. The van der Waals surface area contributed by atoms with E-state index in [4.69, 9.17) is 5.73 Å². The minimum Gasteiger partial charge on any atom is -0.368 e. The summed E-state index contributed by atoms with van der Waals surface area (Å²) in [4.78, 5) is 7.36. The first-order chi connectivity index (χ1) is 8.56. The van der Waals surface area contributed by atoms with Crippen molar-refractivity contribution in [3.05, 3.63) is 12.4 Å². The zero-order chi connectivity index (χ0) is 13.4. The molecule has 1 heterocycles. The van der Waals surface area contributed by atoms with Crippen LogP contribution in [0.15, 0.2) is 17.3 Å². The Hall–Kier alpha value is -0.860. The van der Waals surface area contributed by atoms with E-state index >= 15 is 0 Å². The normalized spacial score (nSPS) is 11.6. The van der Waals surface area contributed by atoms with Crippen molar-refractivity contribution in [1.82, 2.24) is 14.7 Å². The van der Waals surface area contributed by atoms with Crippen LogP contribution < -0.4 is 10.5 Å². The lowest BCUT2D eigenvalue weighted by molar-refractivity contribution is 0.575. The van der Waals surface area contributed by atoms with Gasteiger partial charge in [-0.25, -0.2) is 23.1 Å². The zero-order valence-electron chi connectivity index (χ0n) is 10.3. The summed E-state index contributed by atoms with van der Waals surface area (Å²) in [6.45, 7) is 0.432. The number of thioether (sulfide) groups is 1. The van der Waals surface area contributed by atoms with Gasteiger partial charge in [0, 0.05) is 6.54 Å². The third-order valence-corrected chi connectivity index (χ3v) is 4.39. The molecule has 0 bridgehead atoms. The Bertz CT molecular complexity index is 447. The quantitative estimate of drug-likeness (QED) is 0.689. The van der Waals surface area contributed by atoms with Crippen molar-refractivity contribution in [3.63, 3.8) is 0 Å². The van der Waals surface area contributed by atoms with Gasteiger partial charge >= 0.3 is 0 Å². The fourth-order valence-electron chi connectivity index (χ4n) is 1.30. The van der Waals surface area contributed by atoms with Crippen molar-refractivity contribution < 1.29 is 8.42 Å². The van der Waals surface area contributed by atoms with Crippen molar-refractivity contribution in [1.29, 1.82) is 0 Å². The van der Waals surface area contributed by atoms with E-state index in [1.54, 1.807) is 11.8 Å². The highest BCUT2D eigenvalue weighted by atomic mass is 32.2. The number of aromatic nitrogens is 2. The molecule has 0 radical (unpaired) electrons. The molecule has 8 heteroatoms. The van der Waals surface area contributed by atoms with Crippen LogP contribution in [0.2, 0.25) is 0 Å². The van der Waals surface area contributed by atoms with Crippen LogP contribution in [0, 0.1) is 0 Å². The van der Waals surface area contributed by atoms with E-state index in [1.165, 1.54) is 12.4 Å². The Morgan fingerprint density at radius 1 is 1.28 bits per heavy atom. The van der Waals surface area contributed by atoms with Crippen LogP contribution in [0.3, 0.4) is 0 Å². The lowest BCUT2D eigenvalue weighted by atomic mass is 10.2. The molecule has 18 heavy (non-hydrogen) atoms. The number of sulfonamides is 1. The molecule has 1 aromatic heterocycles. The molecule has 0 saturated carbocycles. The highest BCUT2D eigenvalue weighted by molar-refractivity contribution is 7.98. The van der Waals surface area contributed by atoms with E-state index in [0.717, 1.165) is 25.0 Å². The van der Waals surface area contributed by atoms with Crippen LogP contribution in [-0.2, 0) is 10.0 Å². The van der Waals surface area contributed by atoms with E-state index in [-0.39, 0.29) is 10.8 Å². The fourth-order valence-corrected chi connectivity index (χ4v) is 2.76. The van der Waals surface area contributed by atoms with Gasteiger partial charge in [0.15, 0.2) is 0 Å². The minimum absolute atomic E-state index is 0.0424. The maximum atomic E-state index is 11.8. The number of hydrogen-bond donors (Lipinski definition) is 2. The number of anilines is 1. The predicted octanol–water partition coefficient (Wildman–Crippen LogP) is 0.870. The molecule has 0 fully saturated rings. The first kappa shape index (κ1) is 15.2. The molecule has 0 aliphatic carbocycles. The third-order valence-electron chi connectivity index (χ3n) is 2.28. The van der Waals surface area contributed by atoms with Crippen molar-refractivity contribution in [2.45, 2.75) is 24.2 Å². The Kier molecular flexibility index (Phi) is 6.37. The van der Waals surface area contributed by atoms with Gasteiger partial charge in [-0.3, -0.25) is 0 Å². The van der Waals surface area contributed by atoms with Gasteiger partial charge in [0.05, 0.1) is 12.4 Å². The summed E-state index contributed by atoms with van der Waals surface area (Å²) in [6.07, 6.45) is 7.42. The van der Waals surface area contributed by atoms with E-state index in [9.17, 15) is 8.42 Å². The second kappa shape index (κ2) is 7.55. The zero-order valence-corrected chi connectivity index (χ0v) is 11.9. The van der Waals surface area contributed by atoms with Crippen LogP contribution in [-0.4, -0.2) is 36.9 Å². The molecule has 0 spiro atoms. The molecule has 0 saturated heterocycles. The van der Waals surface area contributed by atoms with Crippen LogP contribution in [0.5, 0.6) is 0 Å². The average molecular weight is 290 g/mol. The molecule has 1 rings (SSSR count). The molecule has 0 aromatic carbocycles. The van der Waals surface area contributed by atoms with Gasteiger partial charge < -0.3 is 5.73 Å². The Balaban J connectivity index is 2.38. The number of rotatable bonds is 8. The van der Waals surface area contributed by atoms with Gasteiger partial charge in [0.2, 0.25) is 16.0 Å². The number of nitrogens with two attached hydrogens (primary N) is 1. The SMILES string of the molecule is CSCCCCCNS(=O)(=O)c1cnc(N)nc1. The molecular weight excluding hydrogens is 272 g/mol. The molecule has 0 atom stereocenters. The molecule has 0 aliphatic heterocycles. The van der Waals surface area contributed by atoms with Gasteiger partial charge in [-0.1, -0.05) is 6.42 Å². The second-order valence-electron chi connectivity index (χ2n) is 3.73. The van der Waals surface area contributed by atoms with E-state index in [2.05, 4.69) is 20.9 Å². The first-order valence-corrected chi connectivity index (χ1v) is 8.50. The standard InChI is InChI=1S/C10H18N4O2S2/c1-17-6-4-2-3-5-14-18(15,16)9-7-12-10(11)13-8-9/h7-8,14H,2-6H2,1H3,(H2,11,12,13). The highest BCUT2D eigenvalue weighted by Gasteiger charge is 2.13. The monoisotopic (exact) mass is 290 g/mol. The second-order valence-corrected chi connectivity index (χ2v) is 6.48. The van der Waals surface area contributed by atoms with Gasteiger partial charge in [0.1, 0.15) is 4.90 Å². The lowest BCUT2D eigenvalue weighted by Crippen LogP contribution is -2.25. The van der Waals surface area contributed by atoms with Crippen LogP contribution in [0.1, 0.15) is 19.3 Å². The number of nitrogens with one attached hydrogen (secondary N) is 1. The number of nitrogens with zero attached hydrogens (tertiary/aromatic N) is 2. The Labute approximate surface area is 112 Å². The molecule has 1 aromatic rings. The summed E-state index contributed by atoms with van der Waals surface area (Å²) < 4.78 is 26.1. The Morgan fingerprint density at radius 2 is 1.94 bits per heavy atom. The summed E-state index contributed by atoms with van der Waals surface area (Å²) in [5.41, 5.74) is 5.30. The van der Waals surface area contributed by atoms with Gasteiger partial charge in [0.25, 0.3) is 0 Å². The van der Waals surface area contributed by atoms with E-state index < -0.39 is 10.0 Å². The lowest BCUT2D eigenvalue weighted by Gasteiger charge is -2.05. The average Bonchev–Trinajstić information content (AvgIpc) is 2.34. The maximum Gasteiger partial charge on any atom is 0.243 e. The Morgan fingerprint density at radius 3 is 2.56 bits per heavy atom. The van der Waals surface area contributed by atoms with Gasteiger partial charge in [-0.05, 0) is 24.9 Å². The van der Waals surface area contributed by atoms with E-state index in [1.807, 2.05) is 0 Å². The fraction of sp³-hybridized carbons (Fsp3) is 0.600. The molecule has 0 aliphatic rings. The molecular formula is C10H18N4O2S2. The molecule has 6 nitrogen and oxygen atoms in total. The summed E-state index contributed by atoms with van der Waals surface area (Å²) in [5, 5.41) is 0. The summed E-state index contributed by atoms with van der Waals surface area (Å²) in [7, 11) is -3.51. The van der Waals surface area contributed by atoms with Gasteiger partial charge in [-0.2, -0.15) is 11.8 Å². The number of hydrogen-bond acceptors (Lipinski definition) is 6. The molecule has 3 N–H and O–H groups in total. The number of nitrogen functional groups attached to an aromatic ring is 1. The summed E-state index contributed by atoms with van der Waals surface area (Å²) >= 11 is 1.80. The first-order valence-electron chi connectivity index (χ1n) is 5.62. The van der Waals surface area contributed by atoms with Crippen LogP contribution >= 0.6 is 11.8 Å². The van der Waals surface area contributed by atoms with Crippen molar-refractivity contribution in [3.8, 4) is 0 Å². The topological polar surface area (TPSA) is 98.0 Å². The van der Waals surface area contributed by atoms with Crippen LogP contribution in [0.25, 0.3) is 0 Å². The smallest absolute Gasteiger partial charge is 0.243 e. The largest absolute Gasteiger partial charge is 0.368 e. The summed E-state index contributed by atoms with van der Waals surface area (Å²) in [6, 6.07) is 0.